The van der Waals surface area contributed by atoms with E-state index in [4.69, 9.17) is 0 Å². The van der Waals surface area contributed by atoms with Gasteiger partial charge in [0, 0.05) is 12.1 Å². The molecule has 1 aliphatic carbocycles. The molecule has 0 aromatic heterocycles. The molecule has 0 bridgehead atoms. The molecule has 4 nitrogen and oxygen atoms in total. The van der Waals surface area contributed by atoms with Crippen LogP contribution < -0.4 is 10.7 Å². The first-order valence-corrected chi connectivity index (χ1v) is 7.70. The Morgan fingerprint density at radius 3 is 2.64 bits per heavy atom. The van der Waals surface area contributed by atoms with E-state index in [1.165, 1.54) is 22.3 Å². The van der Waals surface area contributed by atoms with Crippen LogP contribution in [-0.2, 0) is 6.42 Å². The minimum atomic E-state index is 0.778. The predicted molar refractivity (Wildman–Crippen MR) is 90.2 cm³/mol. The molecule has 2 aromatic rings. The Bertz CT molecular complexity index is 747. The number of benzene rings is 2. The average Bonchev–Trinajstić information content (AvgIpc) is 3.23. The molecule has 22 heavy (non-hydrogen) atoms. The Kier molecular flexibility index (Phi) is 3.35. The molecule has 0 unspecified atom stereocenters. The monoisotopic (exact) mass is 290 g/mol. The number of hydrogen-bond acceptors (Lipinski definition) is 4. The van der Waals surface area contributed by atoms with Crippen LogP contribution in [0, 0.1) is 0 Å². The molecule has 110 valence electrons. The van der Waals surface area contributed by atoms with Crippen molar-refractivity contribution in [3.63, 3.8) is 0 Å². The maximum absolute atomic E-state index is 4.55. The van der Waals surface area contributed by atoms with Gasteiger partial charge in [0.05, 0.1) is 12.3 Å². The molecule has 1 heterocycles. The zero-order valence-corrected chi connectivity index (χ0v) is 12.3. The van der Waals surface area contributed by atoms with Crippen LogP contribution in [0.1, 0.15) is 17.5 Å². The molecule has 2 N–H and O–H groups in total. The summed E-state index contributed by atoms with van der Waals surface area (Å²) in [5.74, 6) is 0.778. The number of nitrogens with zero attached hydrogens (tertiary/aromatic N) is 2. The van der Waals surface area contributed by atoms with Gasteiger partial charge < -0.3 is 5.32 Å². The van der Waals surface area contributed by atoms with Gasteiger partial charge in [-0.1, -0.05) is 48.5 Å². The number of guanidine groups is 1. The number of rotatable bonds is 2. The van der Waals surface area contributed by atoms with Crippen molar-refractivity contribution in [2.75, 3.05) is 13.1 Å². The first-order chi connectivity index (χ1) is 10.9. The van der Waals surface area contributed by atoms with Crippen molar-refractivity contribution in [2.24, 2.45) is 10.1 Å². The molecular formula is C18H18N4. The predicted octanol–water partition coefficient (Wildman–Crippen LogP) is 2.55. The van der Waals surface area contributed by atoms with Gasteiger partial charge in [-0.2, -0.15) is 5.10 Å². The second-order valence-corrected chi connectivity index (χ2v) is 5.53. The summed E-state index contributed by atoms with van der Waals surface area (Å²) < 4.78 is 0. The van der Waals surface area contributed by atoms with Crippen LogP contribution in [0.2, 0.25) is 0 Å². The number of fused-ring (bicyclic) bond motifs is 1. The lowest BCUT2D eigenvalue weighted by molar-refractivity contribution is 0.913. The van der Waals surface area contributed by atoms with E-state index >= 15 is 0 Å². The summed E-state index contributed by atoms with van der Waals surface area (Å²) in [6.07, 6.45) is 2.01. The van der Waals surface area contributed by atoms with Gasteiger partial charge in [0.1, 0.15) is 0 Å². The van der Waals surface area contributed by atoms with Gasteiger partial charge in [-0.15, -0.1) is 0 Å². The Balaban J connectivity index is 1.67. The van der Waals surface area contributed by atoms with Crippen molar-refractivity contribution in [3.8, 4) is 11.1 Å². The zero-order chi connectivity index (χ0) is 14.8. The summed E-state index contributed by atoms with van der Waals surface area (Å²) in [5, 5.41) is 7.73. The van der Waals surface area contributed by atoms with Crippen LogP contribution in [0.5, 0.6) is 0 Å². The largest absolute Gasteiger partial charge is 0.353 e. The van der Waals surface area contributed by atoms with E-state index in [1.54, 1.807) is 0 Å². The summed E-state index contributed by atoms with van der Waals surface area (Å²) >= 11 is 0. The van der Waals surface area contributed by atoms with Crippen molar-refractivity contribution in [3.05, 3.63) is 59.7 Å². The Morgan fingerprint density at radius 2 is 1.82 bits per heavy atom. The Labute approximate surface area is 130 Å². The van der Waals surface area contributed by atoms with Crippen molar-refractivity contribution in [1.82, 2.24) is 10.7 Å². The molecule has 1 aliphatic heterocycles. The minimum absolute atomic E-state index is 0.778. The molecule has 0 saturated heterocycles. The quantitative estimate of drug-likeness (QED) is 0.835. The number of nitrogens with one attached hydrogen (secondary N) is 2. The van der Waals surface area contributed by atoms with E-state index in [2.05, 4.69) is 69.4 Å². The van der Waals surface area contributed by atoms with Gasteiger partial charge >= 0.3 is 0 Å². The Hall–Kier alpha value is -2.62. The molecule has 0 amide bonds. The molecule has 4 heteroatoms. The standard InChI is InChI=1S/C18H18N4/c1-2-5-13(6-3-1)14-7-4-8-16-15(14)9-10-17(16)21-22-18-19-11-12-20-18/h1-8H,9-12H2,(H2,19,20,22)/b21-17-. The summed E-state index contributed by atoms with van der Waals surface area (Å²) in [7, 11) is 0. The third-order valence-electron chi connectivity index (χ3n) is 4.15. The fourth-order valence-electron chi connectivity index (χ4n) is 3.10. The van der Waals surface area contributed by atoms with Gasteiger partial charge in [-0.3, -0.25) is 0 Å². The molecule has 2 aliphatic rings. The van der Waals surface area contributed by atoms with Crippen LogP contribution in [-0.4, -0.2) is 24.8 Å². The number of hydrogen-bond donors (Lipinski definition) is 2. The van der Waals surface area contributed by atoms with Gasteiger partial charge in [0.25, 0.3) is 0 Å². The summed E-state index contributed by atoms with van der Waals surface area (Å²) in [6, 6.07) is 17.0. The third-order valence-corrected chi connectivity index (χ3v) is 4.15. The SMILES string of the molecule is c1ccc(-c2cccc3c2CC/C3=N/NC2=NCCN2)cc1. The second kappa shape index (κ2) is 5.64. The first-order valence-electron chi connectivity index (χ1n) is 7.70. The molecule has 0 spiro atoms. The molecule has 0 radical (unpaired) electrons. The summed E-state index contributed by atoms with van der Waals surface area (Å²) in [4.78, 5) is 4.31. The van der Waals surface area contributed by atoms with Crippen LogP contribution in [0.3, 0.4) is 0 Å². The van der Waals surface area contributed by atoms with Crippen molar-refractivity contribution >= 4 is 11.7 Å². The summed E-state index contributed by atoms with van der Waals surface area (Å²) in [6.45, 7) is 1.71. The van der Waals surface area contributed by atoms with E-state index in [0.29, 0.717) is 0 Å². The highest BCUT2D eigenvalue weighted by Crippen LogP contribution is 2.32. The number of aliphatic imine (C=N–C) groups is 1. The molecule has 4 rings (SSSR count). The lowest BCUT2D eigenvalue weighted by atomic mass is 9.97. The molecule has 2 aromatic carbocycles. The lowest BCUT2D eigenvalue weighted by Gasteiger charge is -2.08. The van der Waals surface area contributed by atoms with Gasteiger partial charge in [0.15, 0.2) is 0 Å². The van der Waals surface area contributed by atoms with Crippen molar-refractivity contribution < 1.29 is 0 Å². The smallest absolute Gasteiger partial charge is 0.212 e. The highest BCUT2D eigenvalue weighted by molar-refractivity contribution is 6.06. The van der Waals surface area contributed by atoms with Crippen molar-refractivity contribution in [2.45, 2.75) is 12.8 Å². The van der Waals surface area contributed by atoms with E-state index in [0.717, 1.165) is 37.6 Å². The van der Waals surface area contributed by atoms with Crippen LogP contribution in [0.15, 0.2) is 58.6 Å². The number of hydrazone groups is 1. The fraction of sp³-hybridized carbons (Fsp3) is 0.222. The molecular weight excluding hydrogens is 272 g/mol. The third kappa shape index (κ3) is 2.37. The fourth-order valence-corrected chi connectivity index (χ4v) is 3.10. The normalized spacial score (nSPS) is 18.0. The van der Waals surface area contributed by atoms with E-state index in [-0.39, 0.29) is 0 Å². The highest BCUT2D eigenvalue weighted by atomic mass is 15.4. The first kappa shape index (κ1) is 13.1. The van der Waals surface area contributed by atoms with Crippen LogP contribution in [0.25, 0.3) is 11.1 Å². The topological polar surface area (TPSA) is 48.8 Å². The van der Waals surface area contributed by atoms with Gasteiger partial charge in [-0.05, 0) is 29.5 Å². The van der Waals surface area contributed by atoms with Gasteiger partial charge in [0.2, 0.25) is 5.96 Å². The molecule has 0 saturated carbocycles. The van der Waals surface area contributed by atoms with E-state index in [1.807, 2.05) is 0 Å². The summed E-state index contributed by atoms with van der Waals surface area (Å²) in [5.41, 5.74) is 9.41. The van der Waals surface area contributed by atoms with Crippen LogP contribution in [0.4, 0.5) is 0 Å². The minimum Gasteiger partial charge on any atom is -0.353 e. The average molecular weight is 290 g/mol. The van der Waals surface area contributed by atoms with Crippen molar-refractivity contribution in [1.29, 1.82) is 0 Å². The van der Waals surface area contributed by atoms with Gasteiger partial charge in [-0.25, -0.2) is 10.4 Å². The van der Waals surface area contributed by atoms with E-state index < -0.39 is 0 Å². The lowest BCUT2D eigenvalue weighted by Crippen LogP contribution is -2.30. The molecule has 0 fully saturated rings. The Morgan fingerprint density at radius 1 is 0.955 bits per heavy atom. The highest BCUT2D eigenvalue weighted by Gasteiger charge is 2.21. The zero-order valence-electron chi connectivity index (χ0n) is 12.3. The maximum atomic E-state index is 4.55. The van der Waals surface area contributed by atoms with E-state index in [9.17, 15) is 0 Å². The maximum Gasteiger partial charge on any atom is 0.212 e. The molecule has 0 atom stereocenters. The second-order valence-electron chi connectivity index (χ2n) is 5.53. The van der Waals surface area contributed by atoms with Crippen LogP contribution >= 0.6 is 0 Å².